The normalized spacial score (nSPS) is 16.6. The Kier molecular flexibility index (Phi) is 5.76. The predicted octanol–water partition coefficient (Wildman–Crippen LogP) is 1.97. The van der Waals surface area contributed by atoms with Crippen LogP contribution in [0.3, 0.4) is 0 Å². The number of carbonyl (C=O) groups is 3. The Labute approximate surface area is 139 Å². The zero-order chi connectivity index (χ0) is 16.9. The van der Waals surface area contributed by atoms with Crippen molar-refractivity contribution in [2.24, 2.45) is 5.41 Å². The Morgan fingerprint density at radius 2 is 2.00 bits per heavy atom. The van der Waals surface area contributed by atoms with Crippen LogP contribution in [0.2, 0.25) is 0 Å². The molecule has 0 atom stereocenters. The number of rotatable bonds is 6. The Balaban J connectivity index is 1.86. The van der Waals surface area contributed by atoms with E-state index in [9.17, 15) is 19.5 Å². The maximum Gasteiger partial charge on any atom is 0.311 e. The van der Waals surface area contributed by atoms with Gasteiger partial charge in [-0.1, -0.05) is 25.3 Å². The molecule has 2 N–H and O–H groups in total. The second kappa shape index (κ2) is 7.59. The number of amides is 2. The fourth-order valence-electron chi connectivity index (χ4n) is 2.89. The van der Waals surface area contributed by atoms with Gasteiger partial charge < -0.3 is 15.3 Å². The second-order valence-electron chi connectivity index (χ2n) is 6.06. The van der Waals surface area contributed by atoms with Crippen molar-refractivity contribution in [3.63, 3.8) is 0 Å². The molecule has 126 valence electrons. The van der Waals surface area contributed by atoms with Gasteiger partial charge in [-0.3, -0.25) is 14.4 Å². The molecule has 0 unspecified atom stereocenters. The number of nitrogens with one attached hydrogen (secondary N) is 1. The maximum absolute atomic E-state index is 12.1. The summed E-state index contributed by atoms with van der Waals surface area (Å²) in [7, 11) is 1.56. The number of hydrogen-bond acceptors (Lipinski definition) is 4. The van der Waals surface area contributed by atoms with E-state index in [1.807, 2.05) is 0 Å². The molecular formula is C16H22N2O4S. The lowest BCUT2D eigenvalue weighted by Crippen LogP contribution is -2.47. The monoisotopic (exact) mass is 338 g/mol. The van der Waals surface area contributed by atoms with E-state index in [1.54, 1.807) is 24.6 Å². The highest BCUT2D eigenvalue weighted by Crippen LogP contribution is 2.35. The zero-order valence-corrected chi connectivity index (χ0v) is 14.0. The molecule has 0 aliphatic heterocycles. The predicted molar refractivity (Wildman–Crippen MR) is 87.4 cm³/mol. The van der Waals surface area contributed by atoms with E-state index in [1.165, 1.54) is 16.2 Å². The van der Waals surface area contributed by atoms with Crippen LogP contribution in [0, 0.1) is 5.41 Å². The Bertz CT molecular complexity index is 565. The average molecular weight is 338 g/mol. The van der Waals surface area contributed by atoms with Crippen LogP contribution in [-0.4, -0.2) is 47.9 Å². The molecule has 1 aliphatic carbocycles. The van der Waals surface area contributed by atoms with Gasteiger partial charge in [0.1, 0.15) is 0 Å². The minimum absolute atomic E-state index is 0.0770. The number of hydrogen-bond donors (Lipinski definition) is 2. The third kappa shape index (κ3) is 4.31. The third-order valence-corrected chi connectivity index (χ3v) is 5.21. The van der Waals surface area contributed by atoms with Crippen molar-refractivity contribution < 1.29 is 19.5 Å². The van der Waals surface area contributed by atoms with E-state index >= 15 is 0 Å². The van der Waals surface area contributed by atoms with Crippen molar-refractivity contribution in [1.29, 1.82) is 0 Å². The lowest BCUT2D eigenvalue weighted by Gasteiger charge is -2.33. The molecule has 1 heterocycles. The van der Waals surface area contributed by atoms with Crippen LogP contribution in [0.15, 0.2) is 17.5 Å². The summed E-state index contributed by atoms with van der Waals surface area (Å²) in [6.07, 6.45) is 3.97. The summed E-state index contributed by atoms with van der Waals surface area (Å²) >= 11 is 1.33. The lowest BCUT2D eigenvalue weighted by molar-refractivity contribution is -0.151. The van der Waals surface area contributed by atoms with Gasteiger partial charge in [-0.25, -0.2) is 0 Å². The molecule has 2 rings (SSSR count). The topological polar surface area (TPSA) is 86.7 Å². The first-order valence-corrected chi connectivity index (χ1v) is 8.62. The number of thiophene rings is 1. The number of aliphatic carboxylic acids is 1. The highest BCUT2D eigenvalue weighted by atomic mass is 32.1. The molecule has 1 aromatic heterocycles. The molecule has 0 aromatic carbocycles. The maximum atomic E-state index is 12.1. The quantitative estimate of drug-likeness (QED) is 0.830. The summed E-state index contributed by atoms with van der Waals surface area (Å²) in [5, 5.41) is 14.0. The Hall–Kier alpha value is -1.89. The highest BCUT2D eigenvalue weighted by Gasteiger charge is 2.39. The number of likely N-dealkylation sites (N-methyl/N-ethyl adjacent to an activating group) is 1. The van der Waals surface area contributed by atoms with Crippen LogP contribution in [-0.2, 0) is 9.59 Å². The number of carboxylic acids is 1. The summed E-state index contributed by atoms with van der Waals surface area (Å²) < 4.78 is 0. The van der Waals surface area contributed by atoms with Crippen molar-refractivity contribution in [1.82, 2.24) is 10.2 Å². The van der Waals surface area contributed by atoms with Crippen LogP contribution >= 0.6 is 11.3 Å². The molecule has 1 aliphatic rings. The van der Waals surface area contributed by atoms with Crippen molar-refractivity contribution in [3.8, 4) is 0 Å². The summed E-state index contributed by atoms with van der Waals surface area (Å²) in [6, 6.07) is 3.49. The molecule has 1 aromatic rings. The first-order valence-electron chi connectivity index (χ1n) is 7.74. The lowest BCUT2D eigenvalue weighted by atomic mass is 9.74. The molecule has 0 spiro atoms. The third-order valence-electron chi connectivity index (χ3n) is 4.35. The van der Waals surface area contributed by atoms with Crippen molar-refractivity contribution in [2.75, 3.05) is 20.1 Å². The minimum Gasteiger partial charge on any atom is -0.481 e. The molecule has 2 amide bonds. The summed E-state index contributed by atoms with van der Waals surface area (Å²) in [5.41, 5.74) is -0.857. The van der Waals surface area contributed by atoms with E-state index in [2.05, 4.69) is 5.32 Å². The standard InChI is InChI=1S/C16H22N2O4S/c1-18(14(20)12-6-5-9-23-12)10-13(19)17-11-16(15(21)22)7-3-2-4-8-16/h5-6,9H,2-4,7-8,10-11H2,1H3,(H,17,19)(H,21,22). The second-order valence-corrected chi connectivity index (χ2v) is 7.01. The van der Waals surface area contributed by atoms with Crippen LogP contribution in [0.1, 0.15) is 41.8 Å². The molecule has 0 saturated heterocycles. The van der Waals surface area contributed by atoms with E-state index < -0.39 is 11.4 Å². The van der Waals surface area contributed by atoms with Crippen LogP contribution < -0.4 is 5.32 Å². The molecule has 23 heavy (non-hydrogen) atoms. The molecule has 1 saturated carbocycles. The van der Waals surface area contributed by atoms with Gasteiger partial charge in [0, 0.05) is 13.6 Å². The Morgan fingerprint density at radius 1 is 1.30 bits per heavy atom. The van der Waals surface area contributed by atoms with Gasteiger partial charge in [-0.15, -0.1) is 11.3 Å². The van der Waals surface area contributed by atoms with Crippen molar-refractivity contribution in [3.05, 3.63) is 22.4 Å². The van der Waals surface area contributed by atoms with Gasteiger partial charge in [0.2, 0.25) is 5.91 Å². The smallest absolute Gasteiger partial charge is 0.311 e. The largest absolute Gasteiger partial charge is 0.481 e. The SMILES string of the molecule is CN(CC(=O)NCC1(C(=O)O)CCCCC1)C(=O)c1cccs1. The number of carboxylic acid groups (broad SMARTS) is 1. The average Bonchev–Trinajstić information content (AvgIpc) is 3.07. The van der Waals surface area contributed by atoms with Crippen LogP contribution in [0.25, 0.3) is 0 Å². The van der Waals surface area contributed by atoms with Gasteiger partial charge in [0.15, 0.2) is 0 Å². The fraction of sp³-hybridized carbons (Fsp3) is 0.562. The van der Waals surface area contributed by atoms with Gasteiger partial charge in [0.05, 0.1) is 16.8 Å². The molecule has 0 bridgehead atoms. The van der Waals surface area contributed by atoms with Crippen LogP contribution in [0.5, 0.6) is 0 Å². The molecule has 7 heteroatoms. The van der Waals surface area contributed by atoms with Crippen LogP contribution in [0.4, 0.5) is 0 Å². The van der Waals surface area contributed by atoms with Crippen molar-refractivity contribution >= 4 is 29.1 Å². The first kappa shape index (κ1) is 17.5. The summed E-state index contributed by atoms with van der Waals surface area (Å²) in [6.45, 7) is 0.0502. The van der Waals surface area contributed by atoms with Gasteiger partial charge in [0.25, 0.3) is 5.91 Å². The first-order chi connectivity index (χ1) is 10.9. The van der Waals surface area contributed by atoms with Gasteiger partial charge in [-0.05, 0) is 24.3 Å². The van der Waals surface area contributed by atoms with E-state index in [4.69, 9.17) is 0 Å². The van der Waals surface area contributed by atoms with Gasteiger partial charge in [-0.2, -0.15) is 0 Å². The summed E-state index contributed by atoms with van der Waals surface area (Å²) in [5.74, 6) is -1.38. The fourth-order valence-corrected chi connectivity index (χ4v) is 3.61. The van der Waals surface area contributed by atoms with E-state index in [-0.39, 0.29) is 24.9 Å². The molecule has 6 nitrogen and oxygen atoms in total. The minimum atomic E-state index is -0.857. The highest BCUT2D eigenvalue weighted by molar-refractivity contribution is 7.12. The Morgan fingerprint density at radius 3 is 2.57 bits per heavy atom. The number of carbonyl (C=O) groups excluding carboxylic acids is 2. The molecule has 0 radical (unpaired) electrons. The van der Waals surface area contributed by atoms with Gasteiger partial charge >= 0.3 is 5.97 Å². The van der Waals surface area contributed by atoms with Crippen molar-refractivity contribution in [2.45, 2.75) is 32.1 Å². The molecule has 1 fully saturated rings. The summed E-state index contributed by atoms with van der Waals surface area (Å²) in [4.78, 5) is 37.6. The van der Waals surface area contributed by atoms with E-state index in [0.717, 1.165) is 19.3 Å². The number of nitrogens with zero attached hydrogens (tertiary/aromatic N) is 1. The van der Waals surface area contributed by atoms with E-state index in [0.29, 0.717) is 17.7 Å². The zero-order valence-electron chi connectivity index (χ0n) is 13.2. The molecular weight excluding hydrogens is 316 g/mol.